The van der Waals surface area contributed by atoms with Crippen LogP contribution in [0.3, 0.4) is 0 Å². The Hall–Kier alpha value is -1.55. The molecule has 0 aliphatic rings. The van der Waals surface area contributed by atoms with Gasteiger partial charge in [-0.2, -0.15) is 0 Å². The van der Waals surface area contributed by atoms with Crippen LogP contribution in [0.4, 0.5) is 4.79 Å². The van der Waals surface area contributed by atoms with E-state index in [4.69, 9.17) is 4.74 Å². The molecular weight excluding hydrogens is 342 g/mol. The van der Waals surface area contributed by atoms with Gasteiger partial charge in [-0.1, -0.05) is 38.1 Å². The van der Waals surface area contributed by atoms with Crippen molar-refractivity contribution in [2.75, 3.05) is 0 Å². The maximum Gasteiger partial charge on any atom is 0.419 e. The quantitative estimate of drug-likeness (QED) is 0.672. The Morgan fingerprint density at radius 1 is 1.18 bits per heavy atom. The Labute approximate surface area is 140 Å². The van der Waals surface area contributed by atoms with Gasteiger partial charge >= 0.3 is 6.09 Å². The lowest BCUT2D eigenvalue weighted by Crippen LogP contribution is -2.27. The first-order valence-electron chi connectivity index (χ1n) is 7.39. The molecular formula is C18H22BrNO2. The van der Waals surface area contributed by atoms with E-state index in [1.807, 2.05) is 39.0 Å². The fraction of sp³-hybridized carbons (Fsp3) is 0.389. The second-order valence-electron chi connectivity index (χ2n) is 6.67. The van der Waals surface area contributed by atoms with Crippen molar-refractivity contribution in [1.82, 2.24) is 4.57 Å². The van der Waals surface area contributed by atoms with E-state index in [0.717, 1.165) is 15.7 Å². The maximum absolute atomic E-state index is 12.4. The van der Waals surface area contributed by atoms with Crippen molar-refractivity contribution in [2.45, 2.75) is 46.1 Å². The predicted octanol–water partition coefficient (Wildman–Crippen LogP) is 5.82. The minimum absolute atomic E-state index is 0.374. The molecule has 1 aromatic carbocycles. The molecule has 0 saturated heterocycles. The largest absolute Gasteiger partial charge is 0.443 e. The first-order chi connectivity index (χ1) is 10.2. The van der Waals surface area contributed by atoms with E-state index in [-0.39, 0.29) is 6.09 Å². The highest BCUT2D eigenvalue weighted by Gasteiger charge is 2.20. The van der Waals surface area contributed by atoms with Crippen molar-refractivity contribution in [3.05, 3.63) is 46.6 Å². The first kappa shape index (κ1) is 16.8. The van der Waals surface area contributed by atoms with Crippen LogP contribution in [0.2, 0.25) is 0 Å². The normalized spacial score (nSPS) is 11.8. The molecule has 4 heteroatoms. The van der Waals surface area contributed by atoms with Gasteiger partial charge < -0.3 is 4.74 Å². The fourth-order valence-electron chi connectivity index (χ4n) is 2.15. The van der Waals surface area contributed by atoms with Crippen molar-refractivity contribution in [3.8, 4) is 11.3 Å². The third kappa shape index (κ3) is 4.01. The van der Waals surface area contributed by atoms with Crippen molar-refractivity contribution in [3.63, 3.8) is 0 Å². The summed E-state index contributed by atoms with van der Waals surface area (Å²) < 4.78 is 7.85. The molecule has 2 aromatic rings. The Morgan fingerprint density at radius 2 is 1.77 bits per heavy atom. The van der Waals surface area contributed by atoms with Gasteiger partial charge in [0, 0.05) is 10.7 Å². The number of nitrogens with zero attached hydrogens (tertiary/aromatic N) is 1. The van der Waals surface area contributed by atoms with E-state index in [1.165, 1.54) is 5.56 Å². The van der Waals surface area contributed by atoms with E-state index < -0.39 is 5.60 Å². The zero-order valence-corrected chi connectivity index (χ0v) is 15.3. The molecule has 118 valence electrons. The molecule has 0 saturated carbocycles. The highest BCUT2D eigenvalue weighted by molar-refractivity contribution is 9.10. The smallest absolute Gasteiger partial charge is 0.419 e. The standard InChI is InChI=1S/C18H22BrNO2/c1-12(2)13-6-8-14(9-7-13)16-10-15(19)11-20(16)17(21)22-18(3,4)5/h6-12H,1-5H3. The fourth-order valence-corrected chi connectivity index (χ4v) is 2.58. The lowest BCUT2D eigenvalue weighted by Gasteiger charge is -2.20. The number of hydrogen-bond acceptors (Lipinski definition) is 2. The molecule has 0 spiro atoms. The molecule has 0 bridgehead atoms. The highest BCUT2D eigenvalue weighted by Crippen LogP contribution is 2.28. The average molecular weight is 364 g/mol. The molecule has 0 N–H and O–H groups in total. The van der Waals surface area contributed by atoms with Gasteiger partial charge in [0.15, 0.2) is 0 Å². The first-order valence-corrected chi connectivity index (χ1v) is 8.18. The van der Waals surface area contributed by atoms with Crippen LogP contribution in [0.1, 0.15) is 46.1 Å². The van der Waals surface area contributed by atoms with Gasteiger partial charge in [-0.3, -0.25) is 4.57 Å². The number of carbonyl (C=O) groups is 1. The topological polar surface area (TPSA) is 31.2 Å². The molecule has 3 nitrogen and oxygen atoms in total. The number of rotatable bonds is 2. The van der Waals surface area contributed by atoms with Crippen molar-refractivity contribution < 1.29 is 9.53 Å². The van der Waals surface area contributed by atoms with Gasteiger partial charge in [0.2, 0.25) is 0 Å². The summed E-state index contributed by atoms with van der Waals surface area (Å²) in [5.74, 6) is 0.485. The van der Waals surface area contributed by atoms with Crippen LogP contribution in [0, 0.1) is 0 Å². The molecule has 0 radical (unpaired) electrons. The molecule has 0 unspecified atom stereocenters. The van der Waals surface area contributed by atoms with Crippen LogP contribution in [0.5, 0.6) is 0 Å². The van der Waals surface area contributed by atoms with Gasteiger partial charge in [-0.15, -0.1) is 0 Å². The third-order valence-electron chi connectivity index (χ3n) is 3.25. The molecule has 0 aliphatic carbocycles. The number of carbonyl (C=O) groups excluding carboxylic acids is 1. The number of aromatic nitrogens is 1. The predicted molar refractivity (Wildman–Crippen MR) is 93.3 cm³/mol. The highest BCUT2D eigenvalue weighted by atomic mass is 79.9. The minimum Gasteiger partial charge on any atom is -0.443 e. The van der Waals surface area contributed by atoms with Crippen LogP contribution in [0.15, 0.2) is 41.0 Å². The van der Waals surface area contributed by atoms with Gasteiger partial charge in [0.05, 0.1) is 5.69 Å². The summed E-state index contributed by atoms with van der Waals surface area (Å²) >= 11 is 3.44. The summed E-state index contributed by atoms with van der Waals surface area (Å²) in [5.41, 5.74) is 2.56. The van der Waals surface area contributed by atoms with Gasteiger partial charge in [-0.05, 0) is 59.8 Å². The average Bonchev–Trinajstić information content (AvgIpc) is 2.79. The van der Waals surface area contributed by atoms with Crippen molar-refractivity contribution in [2.24, 2.45) is 0 Å². The van der Waals surface area contributed by atoms with Crippen LogP contribution >= 0.6 is 15.9 Å². The van der Waals surface area contributed by atoms with Gasteiger partial charge in [-0.25, -0.2) is 4.79 Å². The second kappa shape index (κ2) is 6.29. The minimum atomic E-state index is -0.521. The second-order valence-corrected chi connectivity index (χ2v) is 7.59. The van der Waals surface area contributed by atoms with Crippen LogP contribution < -0.4 is 0 Å². The summed E-state index contributed by atoms with van der Waals surface area (Å²) in [7, 11) is 0. The van der Waals surface area contributed by atoms with Crippen molar-refractivity contribution >= 4 is 22.0 Å². The number of halogens is 1. The van der Waals surface area contributed by atoms with E-state index in [1.54, 1.807) is 10.8 Å². The number of hydrogen-bond donors (Lipinski definition) is 0. The molecule has 0 atom stereocenters. The van der Waals surface area contributed by atoms with Gasteiger partial charge in [0.1, 0.15) is 5.60 Å². The summed E-state index contributed by atoms with van der Waals surface area (Å²) in [6.07, 6.45) is 1.36. The Kier molecular flexibility index (Phi) is 4.81. The lowest BCUT2D eigenvalue weighted by molar-refractivity contribution is 0.0540. The summed E-state index contributed by atoms with van der Waals surface area (Å²) in [6.45, 7) is 9.91. The zero-order valence-electron chi connectivity index (χ0n) is 13.7. The van der Waals surface area contributed by atoms with Crippen molar-refractivity contribution in [1.29, 1.82) is 0 Å². The molecule has 1 heterocycles. The monoisotopic (exact) mass is 363 g/mol. The molecule has 1 aromatic heterocycles. The van der Waals surface area contributed by atoms with Crippen LogP contribution in [-0.2, 0) is 4.74 Å². The van der Waals surface area contributed by atoms with Gasteiger partial charge in [0.25, 0.3) is 0 Å². The molecule has 0 aliphatic heterocycles. The maximum atomic E-state index is 12.4. The van der Waals surface area contributed by atoms with E-state index >= 15 is 0 Å². The Balaban J connectivity index is 2.37. The number of benzene rings is 1. The number of ether oxygens (including phenoxy) is 1. The summed E-state index contributed by atoms with van der Waals surface area (Å²) in [6, 6.07) is 10.2. The summed E-state index contributed by atoms with van der Waals surface area (Å²) in [4.78, 5) is 12.4. The Bertz CT molecular complexity index is 663. The van der Waals surface area contributed by atoms with E-state index in [9.17, 15) is 4.79 Å². The molecule has 0 amide bonds. The SMILES string of the molecule is CC(C)c1ccc(-c2cc(Br)cn2C(=O)OC(C)(C)C)cc1. The third-order valence-corrected chi connectivity index (χ3v) is 3.68. The summed E-state index contributed by atoms with van der Waals surface area (Å²) in [5, 5.41) is 0. The molecule has 22 heavy (non-hydrogen) atoms. The molecule has 2 rings (SSSR count). The molecule has 0 fully saturated rings. The van der Waals surface area contributed by atoms with E-state index in [2.05, 4.69) is 41.9 Å². The van der Waals surface area contributed by atoms with E-state index in [0.29, 0.717) is 5.92 Å². The Morgan fingerprint density at radius 3 is 2.27 bits per heavy atom. The van der Waals surface area contributed by atoms with Crippen LogP contribution in [-0.4, -0.2) is 16.3 Å². The lowest BCUT2D eigenvalue weighted by atomic mass is 10.0. The zero-order chi connectivity index (χ0) is 16.5. The van der Waals surface area contributed by atoms with Crippen LogP contribution in [0.25, 0.3) is 11.3 Å².